The Morgan fingerprint density at radius 2 is 2.00 bits per heavy atom. The number of nitrogens with zero attached hydrogens (tertiary/aromatic N) is 1. The second-order valence-electron chi connectivity index (χ2n) is 4.87. The highest BCUT2D eigenvalue weighted by Crippen LogP contribution is 2.28. The largest absolute Gasteiger partial charge is 0.481 e. The molecule has 0 radical (unpaired) electrons. The summed E-state index contributed by atoms with van der Waals surface area (Å²) < 4.78 is 0. The van der Waals surface area contributed by atoms with Crippen molar-refractivity contribution in [2.24, 2.45) is 0 Å². The third-order valence-electron chi connectivity index (χ3n) is 3.23. The van der Waals surface area contributed by atoms with Crippen molar-refractivity contribution in [3.05, 3.63) is 33.8 Å². The minimum absolute atomic E-state index is 0.0312. The van der Waals surface area contributed by atoms with Crippen LogP contribution in [0.4, 0.5) is 0 Å². The maximum atomic E-state index is 12.3. The van der Waals surface area contributed by atoms with E-state index in [4.69, 9.17) is 28.3 Å². The molecule has 0 aliphatic heterocycles. The first kappa shape index (κ1) is 15.1. The van der Waals surface area contributed by atoms with Gasteiger partial charge in [-0.3, -0.25) is 9.59 Å². The summed E-state index contributed by atoms with van der Waals surface area (Å²) >= 11 is 11.9. The average molecular weight is 316 g/mol. The summed E-state index contributed by atoms with van der Waals surface area (Å²) in [5.41, 5.74) is 0.710. The van der Waals surface area contributed by atoms with Gasteiger partial charge in [0.2, 0.25) is 5.91 Å². The van der Waals surface area contributed by atoms with Gasteiger partial charge in [-0.15, -0.1) is 0 Å². The van der Waals surface area contributed by atoms with E-state index in [0.717, 1.165) is 12.8 Å². The minimum atomic E-state index is -0.895. The molecule has 1 aromatic rings. The first-order chi connectivity index (χ1) is 9.47. The molecule has 1 amide bonds. The minimum Gasteiger partial charge on any atom is -0.481 e. The van der Waals surface area contributed by atoms with E-state index in [9.17, 15) is 9.59 Å². The SMILES string of the molecule is O=C(O)CCN(C(=O)Cc1ccc(Cl)cc1Cl)C1CC1. The van der Waals surface area contributed by atoms with Crippen LogP contribution in [0.2, 0.25) is 10.0 Å². The molecule has 1 aromatic carbocycles. The molecule has 0 atom stereocenters. The Labute approximate surface area is 127 Å². The van der Waals surface area contributed by atoms with E-state index in [-0.39, 0.29) is 31.3 Å². The molecule has 20 heavy (non-hydrogen) atoms. The number of aliphatic carboxylic acids is 1. The lowest BCUT2D eigenvalue weighted by atomic mass is 10.1. The Kier molecular flexibility index (Phi) is 4.89. The Hall–Kier alpha value is -1.26. The molecule has 1 N–H and O–H groups in total. The fourth-order valence-corrected chi connectivity index (χ4v) is 2.52. The summed E-state index contributed by atoms with van der Waals surface area (Å²) in [7, 11) is 0. The van der Waals surface area contributed by atoms with Crippen molar-refractivity contribution in [2.75, 3.05) is 6.54 Å². The van der Waals surface area contributed by atoms with Gasteiger partial charge in [-0.2, -0.15) is 0 Å². The van der Waals surface area contributed by atoms with Gasteiger partial charge in [-0.25, -0.2) is 0 Å². The van der Waals surface area contributed by atoms with Gasteiger partial charge in [0.15, 0.2) is 0 Å². The number of carbonyl (C=O) groups is 2. The van der Waals surface area contributed by atoms with Crippen LogP contribution in [0.1, 0.15) is 24.8 Å². The Bertz CT molecular complexity index is 529. The van der Waals surface area contributed by atoms with Crippen molar-refractivity contribution in [2.45, 2.75) is 31.7 Å². The summed E-state index contributed by atoms with van der Waals surface area (Å²) in [6.07, 6.45) is 2.03. The van der Waals surface area contributed by atoms with Crippen molar-refractivity contribution < 1.29 is 14.7 Å². The monoisotopic (exact) mass is 315 g/mol. The number of carboxylic acids is 1. The van der Waals surface area contributed by atoms with E-state index in [1.54, 1.807) is 23.1 Å². The number of amides is 1. The maximum Gasteiger partial charge on any atom is 0.305 e. The van der Waals surface area contributed by atoms with E-state index >= 15 is 0 Å². The van der Waals surface area contributed by atoms with Crippen LogP contribution < -0.4 is 0 Å². The highest BCUT2D eigenvalue weighted by atomic mass is 35.5. The molecule has 1 fully saturated rings. The van der Waals surface area contributed by atoms with E-state index in [1.165, 1.54) is 0 Å². The van der Waals surface area contributed by atoms with Crippen molar-refractivity contribution in [3.63, 3.8) is 0 Å². The van der Waals surface area contributed by atoms with E-state index in [2.05, 4.69) is 0 Å². The topological polar surface area (TPSA) is 57.6 Å². The summed E-state index contributed by atoms with van der Waals surface area (Å²) in [5, 5.41) is 9.72. The number of benzene rings is 1. The smallest absolute Gasteiger partial charge is 0.305 e. The molecule has 1 saturated carbocycles. The van der Waals surface area contributed by atoms with Crippen molar-refractivity contribution in [1.29, 1.82) is 0 Å². The zero-order valence-corrected chi connectivity index (χ0v) is 12.3. The van der Waals surface area contributed by atoms with E-state index < -0.39 is 5.97 Å². The Balaban J connectivity index is 2.02. The van der Waals surface area contributed by atoms with Crippen molar-refractivity contribution in [3.8, 4) is 0 Å². The number of carboxylic acid groups (broad SMARTS) is 1. The summed E-state index contributed by atoms with van der Waals surface area (Å²) in [4.78, 5) is 24.6. The number of halogens is 2. The zero-order valence-electron chi connectivity index (χ0n) is 10.8. The summed E-state index contributed by atoms with van der Waals surface area (Å²) in [6, 6.07) is 5.21. The molecule has 2 rings (SSSR count). The van der Waals surface area contributed by atoms with Crippen LogP contribution in [-0.4, -0.2) is 34.5 Å². The molecule has 0 aromatic heterocycles. The lowest BCUT2D eigenvalue weighted by Gasteiger charge is -2.22. The quantitative estimate of drug-likeness (QED) is 0.878. The van der Waals surface area contributed by atoms with Crippen molar-refractivity contribution >= 4 is 35.1 Å². The fraction of sp³-hybridized carbons (Fsp3) is 0.429. The molecule has 4 nitrogen and oxygen atoms in total. The lowest BCUT2D eigenvalue weighted by Crippen LogP contribution is -2.36. The molecule has 0 unspecified atom stereocenters. The third-order valence-corrected chi connectivity index (χ3v) is 3.82. The molecule has 108 valence electrons. The normalized spacial score (nSPS) is 14.1. The van der Waals surface area contributed by atoms with Crippen LogP contribution in [0.5, 0.6) is 0 Å². The molecule has 1 aliphatic rings. The van der Waals surface area contributed by atoms with Gasteiger partial charge < -0.3 is 10.0 Å². The van der Waals surface area contributed by atoms with Gasteiger partial charge in [0, 0.05) is 22.6 Å². The van der Waals surface area contributed by atoms with Crippen LogP contribution >= 0.6 is 23.2 Å². The van der Waals surface area contributed by atoms with Crippen LogP contribution in [0.15, 0.2) is 18.2 Å². The van der Waals surface area contributed by atoms with Crippen LogP contribution in [0.25, 0.3) is 0 Å². The molecule has 0 spiro atoms. The standard InChI is InChI=1S/C14H15Cl2NO3/c15-10-2-1-9(12(16)8-10)7-13(18)17(11-3-4-11)6-5-14(19)20/h1-2,8,11H,3-7H2,(H,19,20). The summed E-state index contributed by atoms with van der Waals surface area (Å²) in [6.45, 7) is 0.254. The molecule has 1 aliphatic carbocycles. The predicted octanol–water partition coefficient (Wildman–Crippen LogP) is 3.00. The number of hydrogen-bond acceptors (Lipinski definition) is 2. The highest BCUT2D eigenvalue weighted by molar-refractivity contribution is 6.35. The van der Waals surface area contributed by atoms with Crippen LogP contribution in [-0.2, 0) is 16.0 Å². The second kappa shape index (κ2) is 6.46. The first-order valence-electron chi connectivity index (χ1n) is 6.42. The molecular weight excluding hydrogens is 301 g/mol. The molecular formula is C14H15Cl2NO3. The highest BCUT2D eigenvalue weighted by Gasteiger charge is 2.32. The van der Waals surface area contributed by atoms with Gasteiger partial charge in [0.1, 0.15) is 0 Å². The first-order valence-corrected chi connectivity index (χ1v) is 7.18. The fourth-order valence-electron chi connectivity index (χ4n) is 2.04. The van der Waals surface area contributed by atoms with Gasteiger partial charge >= 0.3 is 5.97 Å². The number of carbonyl (C=O) groups excluding carboxylic acids is 1. The second-order valence-corrected chi connectivity index (χ2v) is 5.72. The van der Waals surface area contributed by atoms with Gasteiger partial charge in [-0.1, -0.05) is 29.3 Å². The number of hydrogen-bond donors (Lipinski definition) is 1. The Morgan fingerprint density at radius 1 is 1.30 bits per heavy atom. The van der Waals surface area contributed by atoms with Gasteiger partial charge in [0.25, 0.3) is 0 Å². The number of rotatable bonds is 6. The zero-order chi connectivity index (χ0) is 14.7. The molecule has 0 bridgehead atoms. The lowest BCUT2D eigenvalue weighted by molar-refractivity contribution is -0.138. The van der Waals surface area contributed by atoms with Crippen molar-refractivity contribution in [1.82, 2.24) is 4.90 Å². The van der Waals surface area contributed by atoms with Gasteiger partial charge in [-0.05, 0) is 30.5 Å². The third kappa shape index (κ3) is 4.12. The summed E-state index contributed by atoms with van der Waals surface area (Å²) in [5.74, 6) is -0.981. The maximum absolute atomic E-state index is 12.3. The molecule has 0 saturated heterocycles. The van der Waals surface area contributed by atoms with Crippen LogP contribution in [0.3, 0.4) is 0 Å². The average Bonchev–Trinajstić information content (AvgIpc) is 3.17. The molecule has 0 heterocycles. The van der Waals surface area contributed by atoms with E-state index in [1.807, 2.05) is 0 Å². The Morgan fingerprint density at radius 3 is 2.55 bits per heavy atom. The van der Waals surface area contributed by atoms with Gasteiger partial charge in [0.05, 0.1) is 12.8 Å². The van der Waals surface area contributed by atoms with Crippen LogP contribution in [0, 0.1) is 0 Å². The predicted molar refractivity (Wildman–Crippen MR) is 77.2 cm³/mol. The molecule has 6 heteroatoms. The van der Waals surface area contributed by atoms with E-state index in [0.29, 0.717) is 15.6 Å².